The Morgan fingerprint density at radius 1 is 1.38 bits per heavy atom. The number of hydrogen-bond donors (Lipinski definition) is 1. The minimum absolute atomic E-state index is 0.643. The number of pyridine rings is 1. The van der Waals surface area contributed by atoms with Gasteiger partial charge in [-0.15, -0.1) is 0 Å². The van der Waals surface area contributed by atoms with Crippen molar-refractivity contribution in [1.82, 2.24) is 10.3 Å². The smallest absolute Gasteiger partial charge is 0.147 e. The molecule has 2 heterocycles. The fourth-order valence-electron chi connectivity index (χ4n) is 2.08. The van der Waals surface area contributed by atoms with Crippen molar-refractivity contribution in [1.29, 1.82) is 0 Å². The molecule has 0 amide bonds. The van der Waals surface area contributed by atoms with E-state index in [2.05, 4.69) is 45.9 Å². The van der Waals surface area contributed by atoms with Gasteiger partial charge in [0.05, 0.1) is 5.02 Å². The second-order valence-electron chi connectivity index (χ2n) is 5.66. The minimum Gasteiger partial charge on any atom is -0.354 e. The lowest BCUT2D eigenvalue weighted by molar-refractivity contribution is 0.552. The van der Waals surface area contributed by atoms with Gasteiger partial charge in [0.25, 0.3) is 0 Å². The number of nitrogens with one attached hydrogen (secondary N) is 1. The zero-order valence-electron chi connectivity index (χ0n) is 12.8. The molecular formula is C16H22ClN3S. The number of anilines is 1. The predicted molar refractivity (Wildman–Crippen MR) is 92.2 cm³/mol. The third-order valence-corrected chi connectivity index (χ3v) is 4.13. The average molecular weight is 324 g/mol. The molecule has 0 aliphatic heterocycles. The lowest BCUT2D eigenvalue weighted by atomic mass is 10.2. The van der Waals surface area contributed by atoms with E-state index in [0.29, 0.717) is 10.9 Å². The second-order valence-corrected chi connectivity index (χ2v) is 6.85. The van der Waals surface area contributed by atoms with Gasteiger partial charge in [-0.3, -0.25) is 0 Å². The second kappa shape index (κ2) is 7.78. The van der Waals surface area contributed by atoms with E-state index in [4.69, 9.17) is 11.6 Å². The van der Waals surface area contributed by atoms with Gasteiger partial charge in [-0.1, -0.05) is 25.4 Å². The molecule has 21 heavy (non-hydrogen) atoms. The molecule has 0 radical (unpaired) electrons. The lowest BCUT2D eigenvalue weighted by Crippen LogP contribution is -2.20. The monoisotopic (exact) mass is 323 g/mol. The molecule has 0 atom stereocenters. The van der Waals surface area contributed by atoms with Crippen LogP contribution in [0.5, 0.6) is 0 Å². The molecule has 0 fully saturated rings. The first-order chi connectivity index (χ1) is 10.1. The zero-order valence-corrected chi connectivity index (χ0v) is 14.3. The van der Waals surface area contributed by atoms with Gasteiger partial charge in [0.15, 0.2) is 0 Å². The van der Waals surface area contributed by atoms with Crippen molar-refractivity contribution in [3.63, 3.8) is 0 Å². The average Bonchev–Trinajstić information content (AvgIpc) is 2.91. The molecule has 0 spiro atoms. The van der Waals surface area contributed by atoms with Crippen LogP contribution in [0.25, 0.3) is 0 Å². The number of thiophene rings is 1. The molecule has 0 bridgehead atoms. The summed E-state index contributed by atoms with van der Waals surface area (Å²) < 4.78 is 0. The maximum atomic E-state index is 6.38. The topological polar surface area (TPSA) is 28.2 Å². The standard InChI is InChI=1S/C16H22ClN3S/c1-12(2)7-18-8-14-6-15(17)16(19-9-14)20(3)10-13-4-5-21-11-13/h4-6,9,11-12,18H,7-8,10H2,1-3H3. The summed E-state index contributed by atoms with van der Waals surface area (Å²) in [7, 11) is 2.02. The Kier molecular flexibility index (Phi) is 6.03. The van der Waals surface area contributed by atoms with Crippen LogP contribution >= 0.6 is 22.9 Å². The van der Waals surface area contributed by atoms with Crippen LogP contribution in [0.2, 0.25) is 5.02 Å². The van der Waals surface area contributed by atoms with Crippen molar-refractivity contribution < 1.29 is 0 Å². The van der Waals surface area contributed by atoms with Crippen molar-refractivity contribution >= 4 is 28.8 Å². The zero-order chi connectivity index (χ0) is 15.2. The summed E-state index contributed by atoms with van der Waals surface area (Å²) in [6.45, 7) is 7.01. The maximum Gasteiger partial charge on any atom is 0.147 e. The van der Waals surface area contributed by atoms with Crippen LogP contribution in [0.15, 0.2) is 29.1 Å². The van der Waals surface area contributed by atoms with Crippen LogP contribution in [0.4, 0.5) is 5.82 Å². The Morgan fingerprint density at radius 3 is 2.81 bits per heavy atom. The van der Waals surface area contributed by atoms with Crippen molar-refractivity contribution in [2.45, 2.75) is 26.9 Å². The van der Waals surface area contributed by atoms with E-state index < -0.39 is 0 Å². The summed E-state index contributed by atoms with van der Waals surface area (Å²) in [4.78, 5) is 6.59. The molecule has 2 rings (SSSR count). The molecule has 0 aliphatic rings. The normalized spacial score (nSPS) is 11.1. The van der Waals surface area contributed by atoms with Crippen LogP contribution in [0.3, 0.4) is 0 Å². The number of nitrogens with zero attached hydrogens (tertiary/aromatic N) is 2. The third-order valence-electron chi connectivity index (χ3n) is 3.12. The van der Waals surface area contributed by atoms with Gasteiger partial charge in [-0.2, -0.15) is 11.3 Å². The fourth-order valence-corrected chi connectivity index (χ4v) is 3.08. The Balaban J connectivity index is 1.98. The highest BCUT2D eigenvalue weighted by Gasteiger charge is 2.09. The molecule has 114 valence electrons. The summed E-state index contributed by atoms with van der Waals surface area (Å²) in [5.74, 6) is 1.47. The highest BCUT2D eigenvalue weighted by Crippen LogP contribution is 2.24. The predicted octanol–water partition coefficient (Wildman–Crippen LogP) is 4.18. The van der Waals surface area contributed by atoms with Crippen molar-refractivity contribution in [2.24, 2.45) is 5.92 Å². The maximum absolute atomic E-state index is 6.38. The quantitative estimate of drug-likeness (QED) is 0.828. The van der Waals surface area contributed by atoms with Gasteiger partial charge in [0, 0.05) is 26.3 Å². The van der Waals surface area contributed by atoms with E-state index in [1.807, 2.05) is 19.3 Å². The van der Waals surface area contributed by atoms with Gasteiger partial charge in [-0.25, -0.2) is 4.98 Å². The van der Waals surface area contributed by atoms with Crippen LogP contribution < -0.4 is 10.2 Å². The summed E-state index contributed by atoms with van der Waals surface area (Å²) in [5.41, 5.74) is 2.40. The van der Waals surface area contributed by atoms with Crippen LogP contribution in [-0.4, -0.2) is 18.6 Å². The Morgan fingerprint density at radius 2 is 2.19 bits per heavy atom. The molecule has 2 aromatic rings. The summed E-state index contributed by atoms with van der Waals surface area (Å²) in [6.07, 6.45) is 1.90. The van der Waals surface area contributed by atoms with Crippen LogP contribution in [-0.2, 0) is 13.1 Å². The third kappa shape index (κ3) is 4.99. The molecule has 1 N–H and O–H groups in total. The fraction of sp³-hybridized carbons (Fsp3) is 0.438. The molecular weight excluding hydrogens is 302 g/mol. The summed E-state index contributed by atoms with van der Waals surface area (Å²) >= 11 is 8.08. The SMILES string of the molecule is CC(C)CNCc1cnc(N(C)Cc2ccsc2)c(Cl)c1. The molecule has 5 heteroatoms. The molecule has 0 aliphatic carbocycles. The summed E-state index contributed by atoms with van der Waals surface area (Å²) in [5, 5.41) is 8.34. The highest BCUT2D eigenvalue weighted by molar-refractivity contribution is 7.07. The van der Waals surface area contributed by atoms with E-state index in [1.54, 1.807) is 11.3 Å². The first-order valence-electron chi connectivity index (χ1n) is 7.13. The Labute approximate surface area is 136 Å². The van der Waals surface area contributed by atoms with Gasteiger partial charge < -0.3 is 10.2 Å². The van der Waals surface area contributed by atoms with E-state index in [0.717, 1.165) is 31.0 Å². The molecule has 0 saturated carbocycles. The lowest BCUT2D eigenvalue weighted by Gasteiger charge is -2.19. The van der Waals surface area contributed by atoms with Crippen molar-refractivity contribution in [2.75, 3.05) is 18.5 Å². The van der Waals surface area contributed by atoms with Crippen LogP contribution in [0.1, 0.15) is 25.0 Å². The number of hydrogen-bond acceptors (Lipinski definition) is 4. The van der Waals surface area contributed by atoms with E-state index in [1.165, 1.54) is 5.56 Å². The Hall–Kier alpha value is -1.10. The molecule has 0 saturated heterocycles. The van der Waals surface area contributed by atoms with Crippen molar-refractivity contribution in [3.05, 3.63) is 45.2 Å². The first kappa shape index (κ1) is 16.3. The molecule has 3 nitrogen and oxygen atoms in total. The Bertz CT molecular complexity index is 555. The molecule has 0 unspecified atom stereocenters. The van der Waals surface area contributed by atoms with Crippen molar-refractivity contribution in [3.8, 4) is 0 Å². The van der Waals surface area contributed by atoms with E-state index >= 15 is 0 Å². The number of rotatable bonds is 7. The van der Waals surface area contributed by atoms with Crippen LogP contribution in [0, 0.1) is 5.92 Å². The highest BCUT2D eigenvalue weighted by atomic mass is 35.5. The largest absolute Gasteiger partial charge is 0.354 e. The molecule has 2 aromatic heterocycles. The van der Waals surface area contributed by atoms with Gasteiger partial charge in [0.1, 0.15) is 5.82 Å². The summed E-state index contributed by atoms with van der Waals surface area (Å²) in [6, 6.07) is 4.13. The van der Waals surface area contributed by atoms with Gasteiger partial charge in [-0.05, 0) is 46.5 Å². The van der Waals surface area contributed by atoms with E-state index in [-0.39, 0.29) is 0 Å². The molecule has 0 aromatic carbocycles. The first-order valence-corrected chi connectivity index (χ1v) is 8.45. The minimum atomic E-state index is 0.643. The van der Waals surface area contributed by atoms with Gasteiger partial charge >= 0.3 is 0 Å². The number of halogens is 1. The van der Waals surface area contributed by atoms with Gasteiger partial charge in [0.2, 0.25) is 0 Å². The van der Waals surface area contributed by atoms with E-state index in [9.17, 15) is 0 Å². The number of aromatic nitrogens is 1.